The Morgan fingerprint density at radius 1 is 1.08 bits per heavy atom. The lowest BCUT2D eigenvalue weighted by molar-refractivity contribution is -0.0345. The Hall–Kier alpha value is -1.30. The second-order valence-electron chi connectivity index (χ2n) is 6.75. The predicted octanol–water partition coefficient (Wildman–Crippen LogP) is 4.02. The number of rotatable bonds is 5. The molecule has 140 valence electrons. The fraction of sp³-hybridized carbons (Fsp3) is 0.400. The molecular formula is C20H23Cl2NO3. The van der Waals surface area contributed by atoms with Crippen molar-refractivity contribution in [1.82, 2.24) is 4.90 Å². The lowest BCUT2D eigenvalue weighted by Gasteiger charge is -2.39. The third-order valence-electron chi connectivity index (χ3n) is 5.07. The van der Waals surface area contributed by atoms with E-state index in [0.717, 1.165) is 16.9 Å². The smallest absolute Gasteiger partial charge is 0.118 e. The quantitative estimate of drug-likeness (QED) is 0.802. The normalized spacial score (nSPS) is 18.5. The third kappa shape index (κ3) is 4.33. The van der Waals surface area contributed by atoms with Crippen LogP contribution in [0.3, 0.4) is 0 Å². The lowest BCUT2D eigenvalue weighted by atomic mass is 9.84. The van der Waals surface area contributed by atoms with Crippen molar-refractivity contribution in [2.75, 3.05) is 26.7 Å². The zero-order valence-electron chi connectivity index (χ0n) is 14.7. The van der Waals surface area contributed by atoms with E-state index in [4.69, 9.17) is 27.9 Å². The topological polar surface area (TPSA) is 52.9 Å². The molecule has 0 saturated carbocycles. The molecule has 2 aromatic rings. The van der Waals surface area contributed by atoms with E-state index in [2.05, 4.69) is 4.90 Å². The summed E-state index contributed by atoms with van der Waals surface area (Å²) in [6.45, 7) is 1.92. The summed E-state index contributed by atoms with van der Waals surface area (Å²) in [5, 5.41) is 22.4. The fourth-order valence-corrected chi connectivity index (χ4v) is 3.67. The zero-order chi connectivity index (χ0) is 18.7. The van der Waals surface area contributed by atoms with Gasteiger partial charge in [-0.25, -0.2) is 0 Å². The minimum atomic E-state index is -0.836. The Morgan fingerprint density at radius 3 is 2.31 bits per heavy atom. The molecule has 0 spiro atoms. The van der Waals surface area contributed by atoms with Gasteiger partial charge in [-0.2, -0.15) is 0 Å². The van der Waals surface area contributed by atoms with Crippen LogP contribution in [-0.4, -0.2) is 41.9 Å². The third-order valence-corrected chi connectivity index (χ3v) is 5.81. The molecule has 1 heterocycles. The van der Waals surface area contributed by atoms with Crippen LogP contribution >= 0.6 is 23.2 Å². The van der Waals surface area contributed by atoms with Gasteiger partial charge in [-0.15, -0.1) is 0 Å². The van der Waals surface area contributed by atoms with Crippen LogP contribution in [0.15, 0.2) is 42.5 Å². The molecule has 1 atom stereocenters. The number of halogens is 2. The van der Waals surface area contributed by atoms with Crippen molar-refractivity contribution in [2.45, 2.75) is 24.5 Å². The summed E-state index contributed by atoms with van der Waals surface area (Å²) in [4.78, 5) is 2.16. The molecular weight excluding hydrogens is 373 g/mol. The first kappa shape index (κ1) is 19.5. The van der Waals surface area contributed by atoms with Gasteiger partial charge in [-0.3, -0.25) is 0 Å². The van der Waals surface area contributed by atoms with Crippen LogP contribution in [-0.2, 0) is 5.60 Å². The number of hydrogen-bond donors (Lipinski definition) is 2. The molecule has 1 fully saturated rings. The first-order valence-corrected chi connectivity index (χ1v) is 9.39. The summed E-state index contributed by atoms with van der Waals surface area (Å²) in [5.41, 5.74) is 0.815. The highest BCUT2D eigenvalue weighted by Gasteiger charge is 2.34. The van der Waals surface area contributed by atoms with Gasteiger partial charge in [-0.05, 0) is 48.2 Å². The maximum atomic E-state index is 11.0. The van der Waals surface area contributed by atoms with E-state index in [-0.39, 0.29) is 0 Å². The van der Waals surface area contributed by atoms with E-state index in [0.29, 0.717) is 42.5 Å². The Balaban J connectivity index is 1.59. The summed E-state index contributed by atoms with van der Waals surface area (Å²) in [7, 11) is 1.63. The highest BCUT2D eigenvalue weighted by molar-refractivity contribution is 6.42. The van der Waals surface area contributed by atoms with Gasteiger partial charge in [0.25, 0.3) is 0 Å². The van der Waals surface area contributed by atoms with Crippen LogP contribution in [0.2, 0.25) is 10.0 Å². The maximum absolute atomic E-state index is 11.0. The molecule has 0 bridgehead atoms. The number of β-amino-alcohol motifs (C(OH)–C–C–N with tert-alkyl or cyclic N) is 1. The van der Waals surface area contributed by atoms with Crippen molar-refractivity contribution in [1.29, 1.82) is 0 Å². The Morgan fingerprint density at radius 2 is 1.73 bits per heavy atom. The fourth-order valence-electron chi connectivity index (χ4n) is 3.37. The molecule has 0 unspecified atom stereocenters. The number of hydrogen-bond acceptors (Lipinski definition) is 4. The number of methoxy groups -OCH3 is 1. The molecule has 1 saturated heterocycles. The van der Waals surface area contributed by atoms with E-state index in [1.165, 1.54) is 0 Å². The monoisotopic (exact) mass is 395 g/mol. The Kier molecular flexibility index (Phi) is 6.10. The minimum absolute atomic E-state index is 0.441. The molecule has 1 aliphatic rings. The summed E-state index contributed by atoms with van der Waals surface area (Å²) in [6, 6.07) is 12.8. The molecule has 0 radical (unpaired) electrons. The number of benzene rings is 2. The molecule has 0 aliphatic carbocycles. The molecule has 1 aliphatic heterocycles. The van der Waals surface area contributed by atoms with E-state index >= 15 is 0 Å². The van der Waals surface area contributed by atoms with E-state index in [1.54, 1.807) is 25.3 Å². The summed E-state index contributed by atoms with van der Waals surface area (Å²) in [5.74, 6) is 0.777. The van der Waals surface area contributed by atoms with Crippen LogP contribution in [0, 0.1) is 0 Å². The number of nitrogens with zero attached hydrogens (tertiary/aromatic N) is 1. The van der Waals surface area contributed by atoms with E-state index in [9.17, 15) is 10.2 Å². The van der Waals surface area contributed by atoms with Gasteiger partial charge < -0.3 is 19.8 Å². The van der Waals surface area contributed by atoms with E-state index in [1.807, 2.05) is 24.3 Å². The average Bonchev–Trinajstić information content (AvgIpc) is 2.66. The molecule has 0 aromatic heterocycles. The molecule has 4 nitrogen and oxygen atoms in total. The van der Waals surface area contributed by atoms with Gasteiger partial charge in [-0.1, -0.05) is 41.4 Å². The van der Waals surface area contributed by atoms with Crippen molar-refractivity contribution in [2.24, 2.45) is 0 Å². The van der Waals surface area contributed by atoms with Gasteiger partial charge in [0, 0.05) is 19.6 Å². The Labute approximate surface area is 163 Å². The largest absolute Gasteiger partial charge is 0.497 e. The second kappa shape index (κ2) is 8.15. The zero-order valence-corrected chi connectivity index (χ0v) is 16.2. The van der Waals surface area contributed by atoms with Crippen molar-refractivity contribution in [3.05, 3.63) is 63.6 Å². The lowest BCUT2D eigenvalue weighted by Crippen LogP contribution is -2.43. The SMILES string of the molecule is COc1ccc(C2(O)CCN(C[C@@H](O)c3ccc(Cl)c(Cl)c3)CC2)cc1. The molecule has 2 N–H and O–H groups in total. The highest BCUT2D eigenvalue weighted by Crippen LogP contribution is 2.34. The number of ether oxygens (including phenoxy) is 1. The van der Waals surface area contributed by atoms with Crippen molar-refractivity contribution < 1.29 is 14.9 Å². The number of aliphatic hydroxyl groups excluding tert-OH is 1. The molecule has 26 heavy (non-hydrogen) atoms. The van der Waals surface area contributed by atoms with E-state index < -0.39 is 11.7 Å². The van der Waals surface area contributed by atoms with Gasteiger partial charge in [0.1, 0.15) is 5.75 Å². The molecule has 3 rings (SSSR count). The van der Waals surface area contributed by atoms with Crippen LogP contribution < -0.4 is 4.74 Å². The molecule has 6 heteroatoms. The predicted molar refractivity (Wildman–Crippen MR) is 104 cm³/mol. The number of likely N-dealkylation sites (tertiary alicyclic amines) is 1. The van der Waals surface area contributed by atoms with Crippen LogP contribution in [0.4, 0.5) is 0 Å². The second-order valence-corrected chi connectivity index (χ2v) is 7.56. The standard InChI is InChI=1S/C20H23Cl2NO3/c1-26-16-5-3-15(4-6-16)20(25)8-10-23(11-9-20)13-19(24)14-2-7-17(21)18(22)12-14/h2-7,12,19,24-25H,8-11,13H2,1H3/t19-/m1/s1. The van der Waals surface area contributed by atoms with Crippen LogP contribution in [0.25, 0.3) is 0 Å². The van der Waals surface area contributed by atoms with Gasteiger partial charge in [0.15, 0.2) is 0 Å². The van der Waals surface area contributed by atoms with Crippen LogP contribution in [0.1, 0.15) is 30.1 Å². The van der Waals surface area contributed by atoms with Gasteiger partial charge >= 0.3 is 0 Å². The number of piperidine rings is 1. The first-order chi connectivity index (χ1) is 12.4. The molecule has 2 aromatic carbocycles. The average molecular weight is 396 g/mol. The first-order valence-electron chi connectivity index (χ1n) is 8.63. The van der Waals surface area contributed by atoms with Crippen molar-refractivity contribution in [3.63, 3.8) is 0 Å². The summed E-state index contributed by atoms with van der Waals surface area (Å²) >= 11 is 12.0. The summed E-state index contributed by atoms with van der Waals surface area (Å²) < 4.78 is 5.17. The maximum Gasteiger partial charge on any atom is 0.118 e. The highest BCUT2D eigenvalue weighted by atomic mass is 35.5. The van der Waals surface area contributed by atoms with Crippen LogP contribution in [0.5, 0.6) is 5.75 Å². The number of aliphatic hydroxyl groups is 2. The van der Waals surface area contributed by atoms with Gasteiger partial charge in [0.2, 0.25) is 0 Å². The summed E-state index contributed by atoms with van der Waals surface area (Å²) in [6.07, 6.45) is 0.595. The Bertz CT molecular complexity index is 743. The van der Waals surface area contributed by atoms with Crippen molar-refractivity contribution in [3.8, 4) is 5.75 Å². The molecule has 0 amide bonds. The minimum Gasteiger partial charge on any atom is -0.497 e. The van der Waals surface area contributed by atoms with Crippen molar-refractivity contribution >= 4 is 23.2 Å². The van der Waals surface area contributed by atoms with Gasteiger partial charge in [0.05, 0.1) is 28.9 Å².